The first-order valence-corrected chi connectivity index (χ1v) is 6.72. The highest BCUT2D eigenvalue weighted by molar-refractivity contribution is 7.10. The van der Waals surface area contributed by atoms with Gasteiger partial charge in [-0.3, -0.25) is 9.48 Å². The predicted octanol–water partition coefficient (Wildman–Crippen LogP) is 2.00. The van der Waals surface area contributed by atoms with Gasteiger partial charge in [0.1, 0.15) is 0 Å². The van der Waals surface area contributed by atoms with Crippen LogP contribution < -0.4 is 0 Å². The Morgan fingerprint density at radius 3 is 3.17 bits per heavy atom. The van der Waals surface area contributed by atoms with Crippen molar-refractivity contribution < 1.29 is 4.79 Å². The maximum atomic E-state index is 12.0. The van der Waals surface area contributed by atoms with E-state index in [2.05, 4.69) is 5.10 Å². The molecule has 0 N–H and O–H groups in total. The minimum atomic E-state index is 0.0656. The second kappa shape index (κ2) is 4.78. The van der Waals surface area contributed by atoms with E-state index in [0.717, 1.165) is 23.7 Å². The van der Waals surface area contributed by atoms with Gasteiger partial charge >= 0.3 is 0 Å². The lowest BCUT2D eigenvalue weighted by molar-refractivity contribution is -0.127. The topological polar surface area (TPSA) is 38.1 Å². The lowest BCUT2D eigenvalue weighted by Gasteiger charge is -2.26. The molecule has 0 saturated heterocycles. The molecule has 5 heteroatoms. The second-order valence-electron chi connectivity index (χ2n) is 4.15. The van der Waals surface area contributed by atoms with Crippen molar-refractivity contribution in [2.45, 2.75) is 13.1 Å². The summed E-state index contributed by atoms with van der Waals surface area (Å²) in [6.07, 6.45) is 5.31. The molecule has 2 aromatic heterocycles. The van der Waals surface area contributed by atoms with Crippen molar-refractivity contribution in [2.24, 2.45) is 0 Å². The largest absolute Gasteiger partial charge is 0.331 e. The summed E-state index contributed by atoms with van der Waals surface area (Å²) in [6.45, 7) is 2.15. The summed E-state index contributed by atoms with van der Waals surface area (Å²) >= 11 is 1.63. The molecule has 0 aromatic carbocycles. The molecule has 0 fully saturated rings. The molecule has 0 saturated carbocycles. The number of carbonyl (C=O) groups is 1. The van der Waals surface area contributed by atoms with E-state index in [0.29, 0.717) is 6.54 Å². The van der Waals surface area contributed by atoms with Crippen molar-refractivity contribution in [3.05, 3.63) is 46.4 Å². The van der Waals surface area contributed by atoms with Gasteiger partial charge < -0.3 is 4.90 Å². The van der Waals surface area contributed by atoms with Gasteiger partial charge in [0.05, 0.1) is 18.8 Å². The van der Waals surface area contributed by atoms with Crippen LogP contribution in [-0.4, -0.2) is 27.1 Å². The Hall–Kier alpha value is -1.88. The first-order chi connectivity index (χ1) is 8.83. The maximum absolute atomic E-state index is 12.0. The summed E-state index contributed by atoms with van der Waals surface area (Å²) in [5, 5.41) is 6.20. The Kier molecular flexibility index (Phi) is 2.98. The van der Waals surface area contributed by atoms with E-state index in [-0.39, 0.29) is 5.91 Å². The van der Waals surface area contributed by atoms with E-state index in [4.69, 9.17) is 0 Å². The number of hydrogen-bond donors (Lipinski definition) is 0. The van der Waals surface area contributed by atoms with Crippen LogP contribution in [0.25, 0.3) is 6.08 Å². The molecular formula is C13H13N3OS. The SMILES string of the molecule is O=C(/C=C/c1cccs1)N1CCn2nccc2C1. The van der Waals surface area contributed by atoms with Gasteiger partial charge in [0.2, 0.25) is 5.91 Å². The van der Waals surface area contributed by atoms with Crippen LogP contribution in [0, 0.1) is 0 Å². The van der Waals surface area contributed by atoms with Gasteiger partial charge in [0.15, 0.2) is 0 Å². The predicted molar refractivity (Wildman–Crippen MR) is 71.0 cm³/mol. The molecule has 0 bridgehead atoms. The Morgan fingerprint density at radius 2 is 2.33 bits per heavy atom. The molecule has 0 radical (unpaired) electrons. The van der Waals surface area contributed by atoms with Crippen LogP contribution >= 0.6 is 11.3 Å². The summed E-state index contributed by atoms with van der Waals surface area (Å²) < 4.78 is 1.95. The van der Waals surface area contributed by atoms with Gasteiger partial charge in [-0.1, -0.05) is 6.07 Å². The quantitative estimate of drug-likeness (QED) is 0.774. The van der Waals surface area contributed by atoms with Crippen LogP contribution in [-0.2, 0) is 17.9 Å². The monoisotopic (exact) mass is 259 g/mol. The molecule has 0 spiro atoms. The first kappa shape index (κ1) is 11.2. The molecule has 18 heavy (non-hydrogen) atoms. The molecule has 0 unspecified atom stereocenters. The van der Waals surface area contributed by atoms with Gasteiger partial charge in [-0.15, -0.1) is 11.3 Å². The number of aromatic nitrogens is 2. The number of carbonyl (C=O) groups excluding carboxylic acids is 1. The number of thiophene rings is 1. The van der Waals surface area contributed by atoms with E-state index < -0.39 is 0 Å². The van der Waals surface area contributed by atoms with Crippen molar-refractivity contribution in [1.82, 2.24) is 14.7 Å². The summed E-state index contributed by atoms with van der Waals surface area (Å²) in [5.41, 5.74) is 1.10. The highest BCUT2D eigenvalue weighted by Gasteiger charge is 2.18. The zero-order valence-electron chi connectivity index (χ0n) is 9.82. The van der Waals surface area contributed by atoms with Gasteiger partial charge in [-0.25, -0.2) is 0 Å². The zero-order chi connectivity index (χ0) is 12.4. The first-order valence-electron chi connectivity index (χ1n) is 5.84. The van der Waals surface area contributed by atoms with Gasteiger partial charge in [-0.2, -0.15) is 5.10 Å². The van der Waals surface area contributed by atoms with E-state index >= 15 is 0 Å². The van der Waals surface area contributed by atoms with E-state index in [1.54, 1.807) is 23.6 Å². The van der Waals surface area contributed by atoms with Crippen LogP contribution in [0.4, 0.5) is 0 Å². The van der Waals surface area contributed by atoms with Crippen LogP contribution in [0.5, 0.6) is 0 Å². The molecule has 92 valence electrons. The minimum absolute atomic E-state index is 0.0656. The fraction of sp³-hybridized carbons (Fsp3) is 0.231. The van der Waals surface area contributed by atoms with Crippen LogP contribution in [0.15, 0.2) is 35.9 Å². The molecule has 4 nitrogen and oxygen atoms in total. The highest BCUT2D eigenvalue weighted by atomic mass is 32.1. The van der Waals surface area contributed by atoms with Crippen molar-refractivity contribution in [3.8, 4) is 0 Å². The fourth-order valence-electron chi connectivity index (χ4n) is 2.02. The lowest BCUT2D eigenvalue weighted by Crippen LogP contribution is -2.37. The number of rotatable bonds is 2. The molecule has 0 atom stereocenters. The summed E-state index contributed by atoms with van der Waals surface area (Å²) in [4.78, 5) is 15.0. The van der Waals surface area contributed by atoms with Crippen LogP contribution in [0.3, 0.4) is 0 Å². The molecule has 2 aromatic rings. The second-order valence-corrected chi connectivity index (χ2v) is 5.13. The Bertz CT molecular complexity index is 571. The molecule has 1 aliphatic heterocycles. The third-order valence-electron chi connectivity index (χ3n) is 2.98. The van der Waals surface area contributed by atoms with E-state index in [1.165, 1.54) is 0 Å². The third-order valence-corrected chi connectivity index (χ3v) is 3.82. The third kappa shape index (κ3) is 2.22. The summed E-state index contributed by atoms with van der Waals surface area (Å²) in [6, 6.07) is 5.94. The molecular weight excluding hydrogens is 246 g/mol. The van der Waals surface area contributed by atoms with Crippen molar-refractivity contribution in [3.63, 3.8) is 0 Å². The minimum Gasteiger partial charge on any atom is -0.331 e. The molecule has 0 aliphatic carbocycles. The molecule has 1 aliphatic rings. The molecule has 3 rings (SSSR count). The highest BCUT2D eigenvalue weighted by Crippen LogP contribution is 2.13. The smallest absolute Gasteiger partial charge is 0.247 e. The zero-order valence-corrected chi connectivity index (χ0v) is 10.6. The van der Waals surface area contributed by atoms with Crippen LogP contribution in [0.1, 0.15) is 10.6 Å². The van der Waals surface area contributed by atoms with Crippen molar-refractivity contribution in [2.75, 3.05) is 6.54 Å². The number of nitrogens with zero attached hydrogens (tertiary/aromatic N) is 3. The Labute approximate surface area is 109 Å². The van der Waals surface area contributed by atoms with Gasteiger partial charge in [0.25, 0.3) is 0 Å². The van der Waals surface area contributed by atoms with E-state index in [9.17, 15) is 4.79 Å². The molecule has 1 amide bonds. The summed E-state index contributed by atoms with van der Waals surface area (Å²) in [5.74, 6) is 0.0656. The van der Waals surface area contributed by atoms with Gasteiger partial charge in [0, 0.05) is 23.7 Å². The Balaban J connectivity index is 1.68. The summed E-state index contributed by atoms with van der Waals surface area (Å²) in [7, 11) is 0. The number of hydrogen-bond acceptors (Lipinski definition) is 3. The number of fused-ring (bicyclic) bond motifs is 1. The van der Waals surface area contributed by atoms with Crippen molar-refractivity contribution in [1.29, 1.82) is 0 Å². The molecule has 3 heterocycles. The average Bonchev–Trinajstić information content (AvgIpc) is 3.05. The standard InChI is InChI=1S/C13H13N3OS/c17-13(4-3-12-2-1-9-18-12)15-7-8-16-11(10-15)5-6-14-16/h1-6,9H,7-8,10H2/b4-3+. The number of amides is 1. The average molecular weight is 259 g/mol. The normalized spacial score (nSPS) is 15.0. The fourth-order valence-corrected chi connectivity index (χ4v) is 2.64. The van der Waals surface area contributed by atoms with E-state index in [1.807, 2.05) is 39.2 Å². The maximum Gasteiger partial charge on any atom is 0.247 e. The van der Waals surface area contributed by atoms with Crippen LogP contribution in [0.2, 0.25) is 0 Å². The lowest BCUT2D eigenvalue weighted by atomic mass is 10.3. The van der Waals surface area contributed by atoms with Gasteiger partial charge in [-0.05, 0) is 23.6 Å². The Morgan fingerprint density at radius 1 is 1.39 bits per heavy atom. The van der Waals surface area contributed by atoms with Crippen molar-refractivity contribution >= 4 is 23.3 Å².